The van der Waals surface area contributed by atoms with E-state index in [2.05, 4.69) is 53.0 Å². The minimum Gasteiger partial charge on any atom is -0.345 e. The van der Waals surface area contributed by atoms with E-state index in [0.29, 0.717) is 24.2 Å². The van der Waals surface area contributed by atoms with Crippen molar-refractivity contribution in [3.8, 4) is 22.8 Å². The summed E-state index contributed by atoms with van der Waals surface area (Å²) in [6, 6.07) is 14.3. The zero-order valence-electron chi connectivity index (χ0n) is 16.9. The van der Waals surface area contributed by atoms with E-state index < -0.39 is 5.54 Å². The minimum atomic E-state index is -1.12. The lowest BCUT2D eigenvalue weighted by Gasteiger charge is -2.27. The zero-order chi connectivity index (χ0) is 20.9. The number of carbonyl (C=O) groups excluding carboxylic acids is 1. The molecule has 0 fully saturated rings. The maximum atomic E-state index is 11.6. The quantitative estimate of drug-likeness (QED) is 0.407. The second-order valence-corrected chi connectivity index (χ2v) is 8.00. The summed E-state index contributed by atoms with van der Waals surface area (Å²) in [6.07, 6.45) is 7.18. The van der Waals surface area contributed by atoms with Crippen LogP contribution >= 0.6 is 0 Å². The van der Waals surface area contributed by atoms with Gasteiger partial charge < -0.3 is 19.6 Å². The maximum Gasteiger partial charge on any atom is 0.258 e. The molecule has 150 valence electrons. The van der Waals surface area contributed by atoms with E-state index in [-0.39, 0.29) is 0 Å². The lowest BCUT2D eigenvalue weighted by molar-refractivity contribution is -0.111. The molecular formula is C24H22N4O2. The van der Waals surface area contributed by atoms with Crippen LogP contribution in [0.25, 0.3) is 33.7 Å². The molecule has 2 aromatic heterocycles. The standard InChI is InChI=1S/C24H22N4O2/c1-15(2)28-12-10-16-13-17(8-9-21(16)28)23-26-22(27-30-23)19-5-3-7-20-18(19)6-4-11-24(20,25)14-29/h3-5,7-15H,6,25H2,1-2H3. The number of aldehydes is 1. The highest BCUT2D eigenvalue weighted by molar-refractivity contribution is 5.85. The number of nitrogens with two attached hydrogens (primary N) is 1. The van der Waals surface area contributed by atoms with E-state index in [1.165, 1.54) is 5.52 Å². The van der Waals surface area contributed by atoms with Gasteiger partial charge in [-0.05, 0) is 55.7 Å². The first kappa shape index (κ1) is 18.5. The average Bonchev–Trinajstić information content (AvgIpc) is 3.40. The molecule has 0 saturated carbocycles. The number of nitrogens with zero attached hydrogens (tertiary/aromatic N) is 3. The van der Waals surface area contributed by atoms with Gasteiger partial charge in [-0.25, -0.2) is 0 Å². The Labute approximate surface area is 174 Å². The van der Waals surface area contributed by atoms with Crippen LogP contribution in [0.3, 0.4) is 0 Å². The second kappa shape index (κ2) is 6.78. The van der Waals surface area contributed by atoms with Crippen molar-refractivity contribution in [2.24, 2.45) is 5.73 Å². The molecule has 6 nitrogen and oxygen atoms in total. The maximum absolute atomic E-state index is 11.6. The minimum absolute atomic E-state index is 0.391. The van der Waals surface area contributed by atoms with Crippen LogP contribution in [0.15, 0.2) is 65.3 Å². The van der Waals surface area contributed by atoms with Crippen molar-refractivity contribution in [3.05, 3.63) is 71.9 Å². The number of allylic oxidation sites excluding steroid dienone is 1. The fourth-order valence-electron chi connectivity index (χ4n) is 4.18. The average molecular weight is 398 g/mol. The molecule has 0 bridgehead atoms. The van der Waals surface area contributed by atoms with Gasteiger partial charge in [0.2, 0.25) is 5.82 Å². The van der Waals surface area contributed by atoms with E-state index in [1.807, 2.05) is 30.3 Å². The molecule has 30 heavy (non-hydrogen) atoms. The summed E-state index contributed by atoms with van der Waals surface area (Å²) in [4.78, 5) is 16.2. The molecule has 0 amide bonds. The summed E-state index contributed by atoms with van der Waals surface area (Å²) in [5, 5.41) is 5.34. The van der Waals surface area contributed by atoms with Gasteiger partial charge >= 0.3 is 0 Å². The van der Waals surface area contributed by atoms with Gasteiger partial charge in [0.1, 0.15) is 11.8 Å². The number of fused-ring (bicyclic) bond motifs is 2. The van der Waals surface area contributed by atoms with E-state index in [4.69, 9.17) is 10.3 Å². The largest absolute Gasteiger partial charge is 0.345 e. The molecule has 0 saturated heterocycles. The number of rotatable bonds is 4. The summed E-state index contributed by atoms with van der Waals surface area (Å²) in [6.45, 7) is 4.32. The molecule has 6 heteroatoms. The summed E-state index contributed by atoms with van der Waals surface area (Å²) in [5.74, 6) is 0.952. The third-order valence-corrected chi connectivity index (χ3v) is 5.74. The Kier molecular flexibility index (Phi) is 4.18. The number of aromatic nitrogens is 3. The van der Waals surface area contributed by atoms with Crippen molar-refractivity contribution in [1.82, 2.24) is 14.7 Å². The van der Waals surface area contributed by atoms with Gasteiger partial charge in [-0.2, -0.15) is 4.98 Å². The molecule has 1 atom stereocenters. The van der Waals surface area contributed by atoms with Crippen molar-refractivity contribution in [1.29, 1.82) is 0 Å². The van der Waals surface area contributed by atoms with Crippen molar-refractivity contribution >= 4 is 17.2 Å². The molecule has 2 heterocycles. The first-order valence-electron chi connectivity index (χ1n) is 10.0. The Bertz CT molecular complexity index is 1300. The molecular weight excluding hydrogens is 376 g/mol. The van der Waals surface area contributed by atoms with Gasteiger partial charge in [0.15, 0.2) is 0 Å². The van der Waals surface area contributed by atoms with Crippen molar-refractivity contribution in [3.63, 3.8) is 0 Å². The number of hydrogen-bond acceptors (Lipinski definition) is 5. The molecule has 1 unspecified atom stereocenters. The summed E-state index contributed by atoms with van der Waals surface area (Å²) in [5.41, 5.74) is 9.75. The SMILES string of the molecule is CC(C)n1ccc2cc(-c3nc(-c4cccc5c4CC=CC5(N)C=O)no3)ccc21. The fraction of sp³-hybridized carbons (Fsp3) is 0.208. The predicted molar refractivity (Wildman–Crippen MR) is 116 cm³/mol. The molecule has 2 N–H and O–H groups in total. The molecule has 0 spiro atoms. The first-order chi connectivity index (χ1) is 14.5. The van der Waals surface area contributed by atoms with Crippen LogP contribution < -0.4 is 5.73 Å². The summed E-state index contributed by atoms with van der Waals surface area (Å²) in [7, 11) is 0. The molecule has 0 radical (unpaired) electrons. The van der Waals surface area contributed by atoms with E-state index in [0.717, 1.165) is 33.9 Å². The van der Waals surface area contributed by atoms with Crippen LogP contribution in [0.4, 0.5) is 0 Å². The van der Waals surface area contributed by atoms with Gasteiger partial charge in [0, 0.05) is 34.3 Å². The molecule has 2 aromatic carbocycles. The van der Waals surface area contributed by atoms with Crippen LogP contribution in [0.1, 0.15) is 31.0 Å². The Morgan fingerprint density at radius 1 is 1.23 bits per heavy atom. The molecule has 1 aliphatic rings. The third kappa shape index (κ3) is 2.80. The molecule has 1 aliphatic carbocycles. The Balaban J connectivity index is 1.55. The number of carbonyl (C=O) groups is 1. The Morgan fingerprint density at radius 2 is 2.10 bits per heavy atom. The number of benzene rings is 2. The van der Waals surface area contributed by atoms with Gasteiger partial charge in [0.05, 0.1) is 0 Å². The topological polar surface area (TPSA) is 86.9 Å². The van der Waals surface area contributed by atoms with Crippen molar-refractivity contribution in [2.45, 2.75) is 31.8 Å². The molecule has 4 aromatic rings. The summed E-state index contributed by atoms with van der Waals surface area (Å²) < 4.78 is 7.82. The second-order valence-electron chi connectivity index (χ2n) is 8.00. The Hall–Kier alpha value is -3.51. The summed E-state index contributed by atoms with van der Waals surface area (Å²) >= 11 is 0. The van der Waals surface area contributed by atoms with Crippen molar-refractivity contribution < 1.29 is 9.32 Å². The van der Waals surface area contributed by atoms with E-state index >= 15 is 0 Å². The lowest BCUT2D eigenvalue weighted by Crippen LogP contribution is -2.38. The lowest BCUT2D eigenvalue weighted by atomic mass is 9.81. The van der Waals surface area contributed by atoms with Gasteiger partial charge in [0.25, 0.3) is 5.89 Å². The number of hydrogen-bond donors (Lipinski definition) is 1. The highest BCUT2D eigenvalue weighted by Gasteiger charge is 2.31. The molecule has 5 rings (SSSR count). The highest BCUT2D eigenvalue weighted by atomic mass is 16.5. The van der Waals surface area contributed by atoms with Crippen LogP contribution in [0, 0.1) is 0 Å². The predicted octanol–water partition coefficient (Wildman–Crippen LogP) is 4.40. The van der Waals surface area contributed by atoms with Crippen LogP contribution in [-0.4, -0.2) is 21.0 Å². The highest BCUT2D eigenvalue weighted by Crippen LogP contribution is 2.34. The normalized spacial score (nSPS) is 18.1. The van der Waals surface area contributed by atoms with Crippen molar-refractivity contribution in [2.75, 3.05) is 0 Å². The fourth-order valence-corrected chi connectivity index (χ4v) is 4.18. The third-order valence-electron chi connectivity index (χ3n) is 5.74. The van der Waals surface area contributed by atoms with Crippen LogP contribution in [0.5, 0.6) is 0 Å². The van der Waals surface area contributed by atoms with Gasteiger partial charge in [-0.3, -0.25) is 0 Å². The smallest absolute Gasteiger partial charge is 0.258 e. The van der Waals surface area contributed by atoms with Crippen LogP contribution in [-0.2, 0) is 16.8 Å². The monoisotopic (exact) mass is 398 g/mol. The molecule has 0 aliphatic heterocycles. The van der Waals surface area contributed by atoms with E-state index in [1.54, 1.807) is 6.08 Å². The van der Waals surface area contributed by atoms with Crippen LogP contribution in [0.2, 0.25) is 0 Å². The zero-order valence-corrected chi connectivity index (χ0v) is 16.9. The van der Waals surface area contributed by atoms with E-state index in [9.17, 15) is 4.79 Å². The van der Waals surface area contributed by atoms with Gasteiger partial charge in [-0.15, -0.1) is 0 Å². The Morgan fingerprint density at radius 3 is 2.90 bits per heavy atom. The van der Waals surface area contributed by atoms with Gasteiger partial charge in [-0.1, -0.05) is 35.5 Å². The first-order valence-corrected chi connectivity index (χ1v) is 10.0.